The Balaban J connectivity index is 1.69. The molecule has 0 radical (unpaired) electrons. The van der Waals surface area contributed by atoms with Crippen LogP contribution < -0.4 is 10.2 Å². The van der Waals surface area contributed by atoms with Crippen molar-refractivity contribution in [3.05, 3.63) is 36.5 Å². The fourth-order valence-corrected chi connectivity index (χ4v) is 2.88. The summed E-state index contributed by atoms with van der Waals surface area (Å²) in [7, 11) is 0. The molecule has 1 aromatic heterocycles. The lowest BCUT2D eigenvalue weighted by Crippen LogP contribution is -2.52. The summed E-state index contributed by atoms with van der Waals surface area (Å²) in [5.41, 5.74) is 0.408. The average Bonchev–Trinajstić information content (AvgIpc) is 3.17. The molecule has 1 aliphatic carbocycles. The molecule has 0 unspecified atom stereocenters. The first-order chi connectivity index (χ1) is 8.85. The molecule has 1 spiro atoms. The minimum absolute atomic E-state index is 0.408. The van der Waals surface area contributed by atoms with Gasteiger partial charge in [-0.15, -0.1) is 0 Å². The van der Waals surface area contributed by atoms with Gasteiger partial charge in [0.15, 0.2) is 0 Å². The molecule has 1 saturated heterocycles. The lowest BCUT2D eigenvalue weighted by Gasteiger charge is -2.34. The van der Waals surface area contributed by atoms with E-state index in [1.807, 2.05) is 6.20 Å². The maximum absolute atomic E-state index is 4.62. The lowest BCUT2D eigenvalue weighted by molar-refractivity contribution is 0.440. The normalized spacial score (nSPS) is 21.4. The van der Waals surface area contributed by atoms with E-state index in [4.69, 9.17) is 0 Å². The van der Waals surface area contributed by atoms with Gasteiger partial charge in [-0.1, -0.05) is 24.3 Å². The first-order valence-corrected chi connectivity index (χ1v) is 6.70. The molecule has 4 rings (SSSR count). The maximum atomic E-state index is 4.62. The Kier molecular flexibility index (Phi) is 2.12. The third kappa shape index (κ3) is 1.66. The molecular weight excluding hydrogens is 222 g/mol. The number of piperazine rings is 1. The van der Waals surface area contributed by atoms with E-state index in [0.717, 1.165) is 25.5 Å². The van der Waals surface area contributed by atoms with E-state index in [9.17, 15) is 0 Å². The highest BCUT2D eigenvalue weighted by molar-refractivity contribution is 5.83. The third-order valence-electron chi connectivity index (χ3n) is 4.17. The number of pyridine rings is 1. The predicted octanol–water partition coefficient (Wildman–Crippen LogP) is 2.18. The molecule has 92 valence electrons. The second-order valence-corrected chi connectivity index (χ2v) is 5.52. The molecule has 2 aliphatic rings. The van der Waals surface area contributed by atoms with Crippen molar-refractivity contribution in [2.75, 3.05) is 24.5 Å². The maximum Gasteiger partial charge on any atom is 0.129 e. The molecule has 1 saturated carbocycles. The average molecular weight is 239 g/mol. The van der Waals surface area contributed by atoms with E-state index in [-0.39, 0.29) is 0 Å². The molecule has 0 bridgehead atoms. The number of aromatic nitrogens is 1. The van der Waals surface area contributed by atoms with E-state index < -0.39 is 0 Å². The zero-order valence-electron chi connectivity index (χ0n) is 10.4. The topological polar surface area (TPSA) is 28.2 Å². The number of nitrogens with zero attached hydrogens (tertiary/aromatic N) is 2. The van der Waals surface area contributed by atoms with Crippen LogP contribution in [0.5, 0.6) is 0 Å². The van der Waals surface area contributed by atoms with Gasteiger partial charge in [-0.25, -0.2) is 4.98 Å². The van der Waals surface area contributed by atoms with Gasteiger partial charge in [-0.2, -0.15) is 0 Å². The van der Waals surface area contributed by atoms with Crippen LogP contribution in [0.15, 0.2) is 36.5 Å². The highest BCUT2D eigenvalue weighted by Crippen LogP contribution is 2.38. The Labute approximate surface area is 107 Å². The van der Waals surface area contributed by atoms with Crippen LogP contribution in [0.2, 0.25) is 0 Å². The van der Waals surface area contributed by atoms with Crippen LogP contribution >= 0.6 is 0 Å². The van der Waals surface area contributed by atoms with Crippen LogP contribution in [0.3, 0.4) is 0 Å². The number of hydrogen-bond donors (Lipinski definition) is 1. The van der Waals surface area contributed by atoms with Gasteiger partial charge in [0.25, 0.3) is 0 Å². The van der Waals surface area contributed by atoms with E-state index in [0.29, 0.717) is 5.54 Å². The summed E-state index contributed by atoms with van der Waals surface area (Å²) in [6, 6.07) is 10.7. The van der Waals surface area contributed by atoms with Crippen LogP contribution in [0.25, 0.3) is 10.8 Å². The van der Waals surface area contributed by atoms with Gasteiger partial charge in [-0.05, 0) is 24.3 Å². The van der Waals surface area contributed by atoms with Crippen molar-refractivity contribution in [2.24, 2.45) is 0 Å². The smallest absolute Gasteiger partial charge is 0.129 e. The van der Waals surface area contributed by atoms with Crippen molar-refractivity contribution < 1.29 is 0 Å². The van der Waals surface area contributed by atoms with E-state index in [1.54, 1.807) is 0 Å². The summed E-state index contributed by atoms with van der Waals surface area (Å²) in [6.45, 7) is 3.25. The van der Waals surface area contributed by atoms with Crippen LogP contribution in [0, 0.1) is 0 Å². The molecule has 3 heteroatoms. The highest BCUT2D eigenvalue weighted by Gasteiger charge is 2.45. The van der Waals surface area contributed by atoms with Crippen molar-refractivity contribution in [3.63, 3.8) is 0 Å². The Morgan fingerprint density at radius 3 is 2.83 bits per heavy atom. The van der Waals surface area contributed by atoms with Gasteiger partial charge >= 0.3 is 0 Å². The molecule has 0 amide bonds. The summed E-state index contributed by atoms with van der Waals surface area (Å²) in [6.07, 6.45) is 4.63. The molecule has 0 atom stereocenters. The number of benzene rings is 1. The fourth-order valence-electron chi connectivity index (χ4n) is 2.88. The second kappa shape index (κ2) is 3.69. The van der Waals surface area contributed by atoms with Crippen molar-refractivity contribution in [1.82, 2.24) is 10.3 Å². The number of hydrogen-bond acceptors (Lipinski definition) is 3. The summed E-state index contributed by atoms with van der Waals surface area (Å²) in [5, 5.41) is 6.14. The van der Waals surface area contributed by atoms with Gasteiger partial charge in [0.2, 0.25) is 0 Å². The second-order valence-electron chi connectivity index (χ2n) is 5.52. The van der Waals surface area contributed by atoms with Gasteiger partial charge in [0.1, 0.15) is 5.82 Å². The molecular formula is C15H17N3. The standard InChI is InChI=1S/C15H17N3/c1-2-4-13-10-16-14(9-12(13)3-1)18-8-7-17-15(11-18)5-6-15/h1-4,9-10,17H,5-8,11H2. The van der Waals surface area contributed by atoms with Crippen LogP contribution in [-0.2, 0) is 0 Å². The van der Waals surface area contributed by atoms with Crippen molar-refractivity contribution in [1.29, 1.82) is 0 Å². The minimum Gasteiger partial charge on any atom is -0.353 e. The Morgan fingerprint density at radius 1 is 1.17 bits per heavy atom. The molecule has 1 aromatic carbocycles. The number of fused-ring (bicyclic) bond motifs is 1. The largest absolute Gasteiger partial charge is 0.353 e. The molecule has 1 aliphatic heterocycles. The molecule has 1 N–H and O–H groups in total. The summed E-state index contributed by atoms with van der Waals surface area (Å²) >= 11 is 0. The van der Waals surface area contributed by atoms with Crippen LogP contribution in [0.1, 0.15) is 12.8 Å². The first kappa shape index (κ1) is 10.3. The van der Waals surface area contributed by atoms with Crippen LogP contribution in [-0.4, -0.2) is 30.2 Å². The Morgan fingerprint density at radius 2 is 2.00 bits per heavy atom. The zero-order valence-corrected chi connectivity index (χ0v) is 10.4. The summed E-state index contributed by atoms with van der Waals surface area (Å²) < 4.78 is 0. The Bertz CT molecular complexity index is 589. The monoisotopic (exact) mass is 239 g/mol. The quantitative estimate of drug-likeness (QED) is 0.826. The molecule has 2 heterocycles. The Hall–Kier alpha value is -1.61. The highest BCUT2D eigenvalue weighted by atomic mass is 15.3. The lowest BCUT2D eigenvalue weighted by atomic mass is 10.1. The molecule has 3 nitrogen and oxygen atoms in total. The fraction of sp³-hybridized carbons (Fsp3) is 0.400. The number of nitrogens with one attached hydrogen (secondary N) is 1. The molecule has 2 fully saturated rings. The third-order valence-corrected chi connectivity index (χ3v) is 4.17. The zero-order chi connectivity index (χ0) is 12.0. The summed E-state index contributed by atoms with van der Waals surface area (Å²) in [5.74, 6) is 1.13. The first-order valence-electron chi connectivity index (χ1n) is 6.70. The van der Waals surface area contributed by atoms with Gasteiger partial charge in [0, 0.05) is 36.8 Å². The molecule has 2 aromatic rings. The van der Waals surface area contributed by atoms with Crippen molar-refractivity contribution >= 4 is 16.6 Å². The van der Waals surface area contributed by atoms with Crippen LogP contribution in [0.4, 0.5) is 5.82 Å². The van der Waals surface area contributed by atoms with E-state index >= 15 is 0 Å². The van der Waals surface area contributed by atoms with E-state index in [1.165, 1.54) is 23.6 Å². The van der Waals surface area contributed by atoms with Crippen molar-refractivity contribution in [2.45, 2.75) is 18.4 Å². The number of rotatable bonds is 1. The number of anilines is 1. The SMILES string of the molecule is c1ccc2cc(N3CCNC4(CC4)C3)ncc2c1. The predicted molar refractivity (Wildman–Crippen MR) is 73.9 cm³/mol. The summed E-state index contributed by atoms with van der Waals surface area (Å²) in [4.78, 5) is 7.05. The van der Waals surface area contributed by atoms with E-state index in [2.05, 4.69) is 45.5 Å². The van der Waals surface area contributed by atoms with Crippen molar-refractivity contribution in [3.8, 4) is 0 Å². The molecule has 18 heavy (non-hydrogen) atoms. The van der Waals surface area contributed by atoms with Gasteiger partial charge < -0.3 is 10.2 Å². The minimum atomic E-state index is 0.408. The van der Waals surface area contributed by atoms with Gasteiger partial charge in [0.05, 0.1) is 0 Å². The van der Waals surface area contributed by atoms with Gasteiger partial charge in [-0.3, -0.25) is 0 Å².